The molecule has 0 saturated carbocycles. The molecule has 3 rings (SSSR count). The first kappa shape index (κ1) is 13.5. The maximum Gasteiger partial charge on any atom is 0.140 e. The maximum absolute atomic E-state index is 5.90. The average molecular weight is 349 g/mol. The van der Waals surface area contributed by atoms with Crippen LogP contribution in [0.5, 0.6) is 5.75 Å². The summed E-state index contributed by atoms with van der Waals surface area (Å²) in [6.45, 7) is 0.906. The highest BCUT2D eigenvalue weighted by atomic mass is 79.9. The Morgan fingerprint density at radius 3 is 2.80 bits per heavy atom. The number of nitrogens with two attached hydrogens (primary N) is 1. The lowest BCUT2D eigenvalue weighted by Gasteiger charge is -2.10. The number of benzene rings is 2. The van der Waals surface area contributed by atoms with Crippen molar-refractivity contribution in [2.75, 3.05) is 0 Å². The lowest BCUT2D eigenvalue weighted by molar-refractivity contribution is 0.300. The van der Waals surface area contributed by atoms with Crippen LogP contribution < -0.4 is 10.5 Å². The number of hydrogen-bond acceptors (Lipinski definition) is 4. The van der Waals surface area contributed by atoms with Crippen molar-refractivity contribution < 1.29 is 4.74 Å². The minimum atomic E-state index is 0.453. The third-order valence-corrected chi connectivity index (χ3v) is 4.58. The molecule has 1 aromatic heterocycles. The highest BCUT2D eigenvalue weighted by Gasteiger charge is 2.09. The van der Waals surface area contributed by atoms with Gasteiger partial charge in [0.1, 0.15) is 17.4 Å². The van der Waals surface area contributed by atoms with E-state index in [1.807, 2.05) is 36.4 Å². The second kappa shape index (κ2) is 5.91. The molecule has 0 saturated heterocycles. The molecule has 5 heteroatoms. The largest absolute Gasteiger partial charge is 0.485 e. The van der Waals surface area contributed by atoms with E-state index in [0.29, 0.717) is 13.2 Å². The summed E-state index contributed by atoms with van der Waals surface area (Å²) in [4.78, 5) is 4.56. The molecule has 102 valence electrons. The smallest absolute Gasteiger partial charge is 0.140 e. The SMILES string of the molecule is NCc1cccc(Br)c1OCc1nc2ccccc2s1. The molecule has 20 heavy (non-hydrogen) atoms. The summed E-state index contributed by atoms with van der Waals surface area (Å²) in [5.74, 6) is 0.800. The first-order valence-electron chi connectivity index (χ1n) is 6.22. The van der Waals surface area contributed by atoms with Gasteiger partial charge in [0.2, 0.25) is 0 Å². The van der Waals surface area contributed by atoms with Gasteiger partial charge in [-0.25, -0.2) is 4.98 Å². The Bertz CT molecular complexity index is 709. The topological polar surface area (TPSA) is 48.1 Å². The van der Waals surface area contributed by atoms with Crippen LogP contribution in [0.15, 0.2) is 46.9 Å². The van der Waals surface area contributed by atoms with E-state index in [1.54, 1.807) is 11.3 Å². The first-order valence-corrected chi connectivity index (χ1v) is 7.83. The van der Waals surface area contributed by atoms with E-state index in [0.717, 1.165) is 26.3 Å². The molecule has 3 nitrogen and oxygen atoms in total. The highest BCUT2D eigenvalue weighted by Crippen LogP contribution is 2.30. The number of nitrogens with zero attached hydrogens (tertiary/aromatic N) is 1. The molecule has 0 unspecified atom stereocenters. The van der Waals surface area contributed by atoms with Crippen molar-refractivity contribution in [1.82, 2.24) is 4.98 Å². The van der Waals surface area contributed by atoms with Gasteiger partial charge in [-0.3, -0.25) is 0 Å². The average Bonchev–Trinajstić information content (AvgIpc) is 2.88. The lowest BCUT2D eigenvalue weighted by Crippen LogP contribution is -2.03. The number of rotatable bonds is 4. The standard InChI is InChI=1S/C15H13BrN2OS/c16-11-5-3-4-10(8-17)15(11)19-9-14-18-12-6-1-2-7-13(12)20-14/h1-7H,8-9,17H2. The van der Waals surface area contributed by atoms with Gasteiger partial charge in [-0.2, -0.15) is 0 Å². The zero-order valence-corrected chi connectivity index (χ0v) is 13.1. The van der Waals surface area contributed by atoms with Gasteiger partial charge in [-0.15, -0.1) is 11.3 Å². The number of halogens is 1. The molecular weight excluding hydrogens is 336 g/mol. The van der Waals surface area contributed by atoms with Crippen LogP contribution in [0.2, 0.25) is 0 Å². The second-order valence-corrected chi connectivity index (χ2v) is 6.27. The summed E-state index contributed by atoms with van der Waals surface area (Å²) < 4.78 is 7.99. The van der Waals surface area contributed by atoms with Gasteiger partial charge < -0.3 is 10.5 Å². The van der Waals surface area contributed by atoms with Gasteiger partial charge in [-0.1, -0.05) is 24.3 Å². The van der Waals surface area contributed by atoms with Crippen LogP contribution in [0, 0.1) is 0 Å². The monoisotopic (exact) mass is 348 g/mol. The fourth-order valence-electron chi connectivity index (χ4n) is 1.99. The molecule has 3 aromatic rings. The summed E-state index contributed by atoms with van der Waals surface area (Å²) in [6, 6.07) is 14.0. The fraction of sp³-hybridized carbons (Fsp3) is 0.133. The Hall–Kier alpha value is -1.43. The Labute approximate surface area is 129 Å². The van der Waals surface area contributed by atoms with Gasteiger partial charge in [0.05, 0.1) is 14.7 Å². The summed E-state index contributed by atoms with van der Waals surface area (Å²) in [5.41, 5.74) is 7.74. The summed E-state index contributed by atoms with van der Waals surface area (Å²) in [6.07, 6.45) is 0. The minimum absolute atomic E-state index is 0.453. The van der Waals surface area contributed by atoms with E-state index in [1.165, 1.54) is 4.70 Å². The number of para-hydroxylation sites is 2. The predicted molar refractivity (Wildman–Crippen MR) is 86.0 cm³/mol. The number of hydrogen-bond donors (Lipinski definition) is 1. The molecule has 0 fully saturated rings. The summed E-state index contributed by atoms with van der Waals surface area (Å²) in [7, 11) is 0. The van der Waals surface area contributed by atoms with E-state index in [2.05, 4.69) is 27.0 Å². The minimum Gasteiger partial charge on any atom is -0.485 e. The predicted octanol–water partition coefficient (Wildman–Crippen LogP) is 4.10. The number of thiazole rings is 1. The first-order chi connectivity index (χ1) is 9.78. The van der Waals surface area contributed by atoms with Crippen LogP contribution in [-0.2, 0) is 13.2 Å². The number of aromatic nitrogens is 1. The maximum atomic E-state index is 5.90. The Kier molecular flexibility index (Phi) is 4.00. The zero-order chi connectivity index (χ0) is 13.9. The van der Waals surface area contributed by atoms with Crippen molar-refractivity contribution >= 4 is 37.5 Å². The van der Waals surface area contributed by atoms with Crippen LogP contribution >= 0.6 is 27.3 Å². The Balaban J connectivity index is 1.82. The van der Waals surface area contributed by atoms with Gasteiger partial charge in [0.15, 0.2) is 0 Å². The van der Waals surface area contributed by atoms with Crippen molar-refractivity contribution in [2.45, 2.75) is 13.2 Å². The van der Waals surface area contributed by atoms with E-state index in [-0.39, 0.29) is 0 Å². The molecule has 0 amide bonds. The van der Waals surface area contributed by atoms with E-state index < -0.39 is 0 Å². The molecule has 2 N–H and O–H groups in total. The van der Waals surface area contributed by atoms with Crippen molar-refractivity contribution in [2.24, 2.45) is 5.73 Å². The quantitative estimate of drug-likeness (QED) is 0.772. The van der Waals surface area contributed by atoms with Crippen molar-refractivity contribution in [3.05, 3.63) is 57.5 Å². The van der Waals surface area contributed by atoms with E-state index in [4.69, 9.17) is 10.5 Å². The molecule has 0 bridgehead atoms. The molecule has 1 heterocycles. The van der Waals surface area contributed by atoms with Crippen LogP contribution in [0.25, 0.3) is 10.2 Å². The van der Waals surface area contributed by atoms with Gasteiger partial charge >= 0.3 is 0 Å². The van der Waals surface area contributed by atoms with Gasteiger partial charge in [0, 0.05) is 12.1 Å². The van der Waals surface area contributed by atoms with Crippen LogP contribution in [0.3, 0.4) is 0 Å². The second-order valence-electron chi connectivity index (χ2n) is 4.30. The highest BCUT2D eigenvalue weighted by molar-refractivity contribution is 9.10. The van der Waals surface area contributed by atoms with E-state index in [9.17, 15) is 0 Å². The third kappa shape index (κ3) is 2.70. The summed E-state index contributed by atoms with van der Waals surface area (Å²) >= 11 is 5.15. The van der Waals surface area contributed by atoms with Crippen LogP contribution in [0.1, 0.15) is 10.6 Å². The van der Waals surface area contributed by atoms with Gasteiger partial charge in [-0.05, 0) is 34.1 Å². The fourth-order valence-corrected chi connectivity index (χ4v) is 3.39. The van der Waals surface area contributed by atoms with Crippen LogP contribution in [-0.4, -0.2) is 4.98 Å². The third-order valence-electron chi connectivity index (χ3n) is 2.95. The van der Waals surface area contributed by atoms with Crippen molar-refractivity contribution in [1.29, 1.82) is 0 Å². The zero-order valence-electron chi connectivity index (χ0n) is 10.7. The van der Waals surface area contributed by atoms with Crippen LogP contribution in [0.4, 0.5) is 0 Å². The molecule has 2 aromatic carbocycles. The molecule has 0 aliphatic heterocycles. The Morgan fingerprint density at radius 1 is 1.15 bits per heavy atom. The molecular formula is C15H13BrN2OS. The van der Waals surface area contributed by atoms with E-state index >= 15 is 0 Å². The normalized spacial score (nSPS) is 10.9. The van der Waals surface area contributed by atoms with Crippen molar-refractivity contribution in [3.63, 3.8) is 0 Å². The number of ether oxygens (including phenoxy) is 1. The number of fused-ring (bicyclic) bond motifs is 1. The molecule has 0 spiro atoms. The molecule has 0 radical (unpaired) electrons. The van der Waals surface area contributed by atoms with Gasteiger partial charge in [0.25, 0.3) is 0 Å². The molecule has 0 atom stereocenters. The molecule has 0 aliphatic rings. The lowest BCUT2D eigenvalue weighted by atomic mass is 10.2. The van der Waals surface area contributed by atoms with Crippen molar-refractivity contribution in [3.8, 4) is 5.75 Å². The Morgan fingerprint density at radius 2 is 2.00 bits per heavy atom. The molecule has 0 aliphatic carbocycles. The summed E-state index contributed by atoms with van der Waals surface area (Å²) in [5, 5.41) is 0.963.